The van der Waals surface area contributed by atoms with Gasteiger partial charge in [-0.2, -0.15) is 0 Å². The Labute approximate surface area is 92.3 Å². The van der Waals surface area contributed by atoms with Crippen molar-refractivity contribution in [1.82, 2.24) is 5.43 Å². The average Bonchev–Trinajstić information content (AvgIpc) is 2.17. The number of benzene rings is 1. The summed E-state index contributed by atoms with van der Waals surface area (Å²) in [5.74, 6) is -0.255. The van der Waals surface area contributed by atoms with Gasteiger partial charge in [-0.15, -0.1) is 0 Å². The standard InChI is InChI=1S/C9H13N5O2/c10-5-4-7-2-1-3-8(6-7)12-9(11)13-14(15)16/h1-3,6H,4-5,10H2,(H3,11,12,13). The number of aliphatic imine (C=N–C) groups is 1. The molecule has 0 spiro atoms. The largest absolute Gasteiger partial charge is 0.365 e. The van der Waals surface area contributed by atoms with Gasteiger partial charge in [0.15, 0.2) is 5.03 Å². The van der Waals surface area contributed by atoms with Crippen molar-refractivity contribution in [2.45, 2.75) is 6.42 Å². The Morgan fingerprint density at radius 2 is 2.31 bits per heavy atom. The van der Waals surface area contributed by atoms with E-state index in [2.05, 4.69) is 4.99 Å². The van der Waals surface area contributed by atoms with Crippen LogP contribution >= 0.6 is 0 Å². The molecular weight excluding hydrogens is 210 g/mol. The van der Waals surface area contributed by atoms with Crippen LogP contribution in [0.1, 0.15) is 5.56 Å². The molecule has 0 radical (unpaired) electrons. The molecule has 1 aromatic rings. The van der Waals surface area contributed by atoms with E-state index in [9.17, 15) is 10.1 Å². The fourth-order valence-corrected chi connectivity index (χ4v) is 1.21. The maximum atomic E-state index is 10.1. The Morgan fingerprint density at radius 1 is 1.56 bits per heavy atom. The highest BCUT2D eigenvalue weighted by molar-refractivity contribution is 5.79. The van der Waals surface area contributed by atoms with Gasteiger partial charge in [0, 0.05) is 0 Å². The summed E-state index contributed by atoms with van der Waals surface area (Å²) in [5, 5.41) is 9.33. The van der Waals surface area contributed by atoms with Crippen molar-refractivity contribution in [2.75, 3.05) is 6.54 Å². The zero-order valence-corrected chi connectivity index (χ0v) is 8.59. The molecule has 86 valence electrons. The van der Waals surface area contributed by atoms with E-state index in [0.717, 1.165) is 12.0 Å². The van der Waals surface area contributed by atoms with Crippen molar-refractivity contribution in [3.8, 4) is 0 Å². The molecule has 5 N–H and O–H groups in total. The first-order valence-electron chi connectivity index (χ1n) is 4.66. The molecular formula is C9H13N5O2. The van der Waals surface area contributed by atoms with Gasteiger partial charge in [0.25, 0.3) is 5.96 Å². The number of hydrazine groups is 1. The summed E-state index contributed by atoms with van der Waals surface area (Å²) in [6.45, 7) is 0.537. The van der Waals surface area contributed by atoms with E-state index in [0.29, 0.717) is 12.2 Å². The van der Waals surface area contributed by atoms with Gasteiger partial charge in [-0.1, -0.05) is 17.6 Å². The topological polar surface area (TPSA) is 120 Å². The lowest BCUT2D eigenvalue weighted by Gasteiger charge is -2.00. The molecule has 0 saturated heterocycles. The molecule has 0 aliphatic rings. The minimum absolute atomic E-state index is 0.255. The zero-order valence-electron chi connectivity index (χ0n) is 8.59. The highest BCUT2D eigenvalue weighted by Gasteiger charge is 2.00. The zero-order chi connectivity index (χ0) is 12.0. The van der Waals surface area contributed by atoms with E-state index in [1.165, 1.54) is 0 Å². The molecule has 16 heavy (non-hydrogen) atoms. The van der Waals surface area contributed by atoms with Crippen LogP contribution in [0.25, 0.3) is 0 Å². The van der Waals surface area contributed by atoms with Crippen LogP contribution in [0.2, 0.25) is 0 Å². The fraction of sp³-hybridized carbons (Fsp3) is 0.222. The Kier molecular flexibility index (Phi) is 4.22. The number of guanidine groups is 1. The molecule has 0 atom stereocenters. The molecule has 0 amide bonds. The highest BCUT2D eigenvalue weighted by atomic mass is 16.7. The van der Waals surface area contributed by atoms with Crippen LogP contribution in [0.3, 0.4) is 0 Å². The summed E-state index contributed by atoms with van der Waals surface area (Å²) in [6.07, 6.45) is 0.728. The van der Waals surface area contributed by atoms with E-state index in [4.69, 9.17) is 11.5 Å². The van der Waals surface area contributed by atoms with Gasteiger partial charge in [-0.3, -0.25) is 0 Å². The molecule has 0 fully saturated rings. The van der Waals surface area contributed by atoms with Gasteiger partial charge in [0.2, 0.25) is 0 Å². The van der Waals surface area contributed by atoms with Crippen molar-refractivity contribution in [3.63, 3.8) is 0 Å². The molecule has 0 saturated carbocycles. The lowest BCUT2D eigenvalue weighted by atomic mass is 10.1. The van der Waals surface area contributed by atoms with E-state index in [1.807, 2.05) is 6.07 Å². The second-order valence-electron chi connectivity index (χ2n) is 3.07. The van der Waals surface area contributed by atoms with Gasteiger partial charge in [-0.05, 0) is 30.7 Å². The van der Waals surface area contributed by atoms with Crippen LogP contribution in [-0.2, 0) is 6.42 Å². The normalized spacial score (nSPS) is 11.2. The number of nitrogens with zero attached hydrogens (tertiary/aromatic N) is 2. The van der Waals surface area contributed by atoms with Crippen molar-refractivity contribution in [1.29, 1.82) is 0 Å². The van der Waals surface area contributed by atoms with Crippen molar-refractivity contribution < 1.29 is 5.03 Å². The monoisotopic (exact) mass is 223 g/mol. The van der Waals surface area contributed by atoms with Crippen molar-refractivity contribution in [3.05, 3.63) is 39.9 Å². The predicted octanol–water partition coefficient (Wildman–Crippen LogP) is -0.0847. The molecule has 1 aromatic carbocycles. The van der Waals surface area contributed by atoms with Gasteiger partial charge < -0.3 is 11.5 Å². The molecule has 0 bridgehead atoms. The van der Waals surface area contributed by atoms with Crippen molar-refractivity contribution >= 4 is 11.6 Å². The third kappa shape index (κ3) is 3.93. The summed E-state index contributed by atoms with van der Waals surface area (Å²) < 4.78 is 0. The Balaban J connectivity index is 2.79. The van der Waals surface area contributed by atoms with Gasteiger partial charge in [-0.25, -0.2) is 15.1 Å². The molecule has 7 heteroatoms. The summed E-state index contributed by atoms with van der Waals surface area (Å²) in [7, 11) is 0. The van der Waals surface area contributed by atoms with E-state index in [1.54, 1.807) is 23.6 Å². The second-order valence-corrected chi connectivity index (χ2v) is 3.07. The van der Waals surface area contributed by atoms with Crippen LogP contribution < -0.4 is 16.9 Å². The SMILES string of the molecule is NCCc1cccc(N=C(N)N[N+](=O)[O-])c1. The number of hydrogen-bond acceptors (Lipinski definition) is 4. The average molecular weight is 223 g/mol. The Morgan fingerprint density at radius 3 is 2.94 bits per heavy atom. The maximum Gasteiger partial charge on any atom is 0.256 e. The first kappa shape index (κ1) is 11.9. The Bertz CT molecular complexity index is 405. The molecule has 0 unspecified atom stereocenters. The number of hydrogen-bond donors (Lipinski definition) is 3. The van der Waals surface area contributed by atoms with Crippen LogP contribution in [-0.4, -0.2) is 17.5 Å². The molecule has 0 aliphatic heterocycles. The minimum Gasteiger partial charge on any atom is -0.365 e. The van der Waals surface area contributed by atoms with Crippen LogP contribution in [0.15, 0.2) is 29.3 Å². The summed E-state index contributed by atoms with van der Waals surface area (Å²) in [4.78, 5) is 13.9. The molecule has 0 heterocycles. The minimum atomic E-state index is -0.761. The summed E-state index contributed by atoms with van der Waals surface area (Å²) in [5.41, 5.74) is 14.1. The second kappa shape index (κ2) is 5.66. The molecule has 0 aromatic heterocycles. The van der Waals surface area contributed by atoms with E-state index < -0.39 is 5.03 Å². The molecule has 0 aliphatic carbocycles. The van der Waals surface area contributed by atoms with Gasteiger partial charge >= 0.3 is 0 Å². The number of nitrogens with two attached hydrogens (primary N) is 2. The van der Waals surface area contributed by atoms with Crippen LogP contribution in [0.4, 0.5) is 5.69 Å². The lowest BCUT2D eigenvalue weighted by Crippen LogP contribution is -2.35. The maximum absolute atomic E-state index is 10.1. The first-order chi connectivity index (χ1) is 7.61. The third-order valence-corrected chi connectivity index (χ3v) is 1.80. The van der Waals surface area contributed by atoms with E-state index in [-0.39, 0.29) is 5.96 Å². The van der Waals surface area contributed by atoms with Crippen molar-refractivity contribution in [2.24, 2.45) is 16.5 Å². The number of rotatable bonds is 4. The van der Waals surface area contributed by atoms with Crippen LogP contribution in [0.5, 0.6) is 0 Å². The van der Waals surface area contributed by atoms with Crippen LogP contribution in [0, 0.1) is 10.1 Å². The van der Waals surface area contributed by atoms with E-state index >= 15 is 0 Å². The first-order valence-corrected chi connectivity index (χ1v) is 4.66. The smallest absolute Gasteiger partial charge is 0.256 e. The van der Waals surface area contributed by atoms with Gasteiger partial charge in [0.1, 0.15) is 0 Å². The quantitative estimate of drug-likeness (QED) is 0.285. The highest BCUT2D eigenvalue weighted by Crippen LogP contribution is 2.13. The molecule has 7 nitrogen and oxygen atoms in total. The predicted molar refractivity (Wildman–Crippen MR) is 60.6 cm³/mol. The summed E-state index contributed by atoms with van der Waals surface area (Å²) >= 11 is 0. The lowest BCUT2D eigenvalue weighted by molar-refractivity contribution is -0.525. The third-order valence-electron chi connectivity index (χ3n) is 1.80. The van der Waals surface area contributed by atoms with Gasteiger partial charge in [0.05, 0.1) is 5.69 Å². The fourth-order valence-electron chi connectivity index (χ4n) is 1.21. The number of nitro groups is 1. The summed E-state index contributed by atoms with van der Waals surface area (Å²) in [6, 6.07) is 7.18. The number of nitrogens with one attached hydrogen (secondary N) is 1. The Hall–Kier alpha value is -2.15. The molecule has 1 rings (SSSR count).